The second-order valence-corrected chi connectivity index (χ2v) is 6.85. The van der Waals surface area contributed by atoms with E-state index >= 15 is 0 Å². The quantitative estimate of drug-likeness (QED) is 0.427. The van der Waals surface area contributed by atoms with Crippen molar-refractivity contribution in [3.05, 3.63) is 0 Å². The number of halogens is 6. The van der Waals surface area contributed by atoms with E-state index in [1.165, 1.54) is 0 Å². The molecule has 117 valence electrons. The molecule has 2 unspecified atom stereocenters. The maximum atomic E-state index is 11.5. The van der Waals surface area contributed by atoms with Gasteiger partial charge in [-0.1, -0.05) is 0 Å². The summed E-state index contributed by atoms with van der Waals surface area (Å²) in [7, 11) is 0.120. The van der Waals surface area contributed by atoms with Crippen molar-refractivity contribution in [3.63, 3.8) is 0 Å². The van der Waals surface area contributed by atoms with E-state index in [2.05, 4.69) is 20.0 Å². The molecule has 2 N–H and O–H groups in total. The van der Waals surface area contributed by atoms with Gasteiger partial charge in [0.15, 0.2) is 12.2 Å². The summed E-state index contributed by atoms with van der Waals surface area (Å²) in [6.07, 6.45) is -18.4. The molecule has 0 aliphatic heterocycles. The Labute approximate surface area is 118 Å². The van der Waals surface area contributed by atoms with Crippen LogP contribution in [0.2, 0.25) is 0 Å². The minimum absolute atomic E-state index is 0. The average Bonchev–Trinajstić information content (AvgIpc) is 1.98. The van der Waals surface area contributed by atoms with Crippen LogP contribution in [0.1, 0.15) is 6.42 Å². The summed E-state index contributed by atoms with van der Waals surface area (Å²) in [6, 6.07) is 0. The van der Waals surface area contributed by atoms with E-state index in [4.69, 9.17) is 10.2 Å². The Morgan fingerprint density at radius 2 is 1.00 bits per heavy atom. The first-order valence-corrected chi connectivity index (χ1v) is 7.54. The number of aliphatic hydroxyl groups is 2. The summed E-state index contributed by atoms with van der Waals surface area (Å²) < 4.78 is 68.8. The number of rotatable bonds is 2. The Balaban J connectivity index is -0.000000392. The first-order valence-electron chi connectivity index (χ1n) is 4.54. The molecule has 0 aliphatic carbocycles. The second kappa shape index (κ2) is 9.55. The molecule has 0 aliphatic rings. The van der Waals surface area contributed by atoms with Gasteiger partial charge in [-0.3, -0.25) is 0 Å². The molecule has 0 fully saturated rings. The van der Waals surface area contributed by atoms with Crippen LogP contribution < -0.4 is 0 Å². The van der Waals surface area contributed by atoms with Gasteiger partial charge >= 0.3 is 12.4 Å². The molecule has 0 saturated carbocycles. The topological polar surface area (TPSA) is 40.5 Å². The maximum absolute atomic E-state index is 11.5. The Morgan fingerprint density at radius 3 is 1.11 bits per heavy atom. The zero-order chi connectivity index (χ0) is 14.4. The standard InChI is InChI=1S/C5H6F6O2.C3H9P.Ag/c6-4(7,8)2(12)1-3(13)5(9,10)11;1-4(2)3;/h2-3,12-13H,1H2;1-3H3;/p+1. The number of aliphatic hydroxyl groups excluding tert-OH is 2. The van der Waals surface area contributed by atoms with Gasteiger partial charge in [-0.05, 0) is 7.92 Å². The minimum atomic E-state index is -5.15. The van der Waals surface area contributed by atoms with Crippen LogP contribution in [0.25, 0.3) is 0 Å². The summed E-state index contributed by atoms with van der Waals surface area (Å²) in [4.78, 5) is 0. The summed E-state index contributed by atoms with van der Waals surface area (Å²) in [6.45, 7) is 6.81. The molecule has 0 spiro atoms. The van der Waals surface area contributed by atoms with Crippen molar-refractivity contribution in [1.29, 1.82) is 0 Å². The third-order valence-electron chi connectivity index (χ3n) is 1.20. The van der Waals surface area contributed by atoms with Crippen molar-refractivity contribution in [2.45, 2.75) is 31.0 Å². The van der Waals surface area contributed by atoms with Gasteiger partial charge in [0.25, 0.3) is 0 Å². The fourth-order valence-electron chi connectivity index (χ4n) is 0.479. The van der Waals surface area contributed by atoms with E-state index in [0.717, 1.165) is 0 Å². The molecule has 2 atom stereocenters. The van der Waals surface area contributed by atoms with E-state index in [9.17, 15) is 26.3 Å². The monoisotopic (exact) mass is 396 g/mol. The van der Waals surface area contributed by atoms with Crippen molar-refractivity contribution >= 4 is 7.92 Å². The SMILES string of the molecule is C[PH+](C)C.OC(CC(O)C(F)(F)F)C(F)(F)F.[Ag]. The van der Waals surface area contributed by atoms with Gasteiger partial charge in [-0.2, -0.15) is 26.3 Å². The predicted octanol–water partition coefficient (Wildman–Crippen LogP) is 2.31. The summed E-state index contributed by atoms with van der Waals surface area (Å²) in [5.74, 6) is 0. The molecule has 10 heteroatoms. The first-order chi connectivity index (χ1) is 7.28. The van der Waals surface area contributed by atoms with E-state index in [1.54, 1.807) is 0 Å². The van der Waals surface area contributed by atoms with Gasteiger partial charge in [0.1, 0.15) is 0 Å². The summed E-state index contributed by atoms with van der Waals surface area (Å²) in [5, 5.41) is 16.3. The molecule has 0 amide bonds. The van der Waals surface area contributed by atoms with E-state index in [1.807, 2.05) is 0 Å². The maximum Gasteiger partial charge on any atom is 0.414 e. The molecule has 0 rings (SSSR count). The fourth-order valence-corrected chi connectivity index (χ4v) is 0.479. The number of hydrogen-bond donors (Lipinski definition) is 2. The van der Waals surface area contributed by atoms with Crippen LogP contribution in [-0.4, -0.2) is 54.8 Å². The smallest absolute Gasteiger partial charge is 0.384 e. The van der Waals surface area contributed by atoms with Crippen LogP contribution in [0.3, 0.4) is 0 Å². The van der Waals surface area contributed by atoms with Crippen LogP contribution in [0, 0.1) is 0 Å². The summed E-state index contributed by atoms with van der Waals surface area (Å²) >= 11 is 0. The largest absolute Gasteiger partial charge is 0.414 e. The Kier molecular flexibility index (Phi) is 12.6. The van der Waals surface area contributed by atoms with Crippen LogP contribution in [-0.2, 0) is 22.4 Å². The Hall–Kier alpha value is 0.670. The van der Waals surface area contributed by atoms with Gasteiger partial charge in [-0.25, -0.2) is 0 Å². The Morgan fingerprint density at radius 1 is 0.833 bits per heavy atom. The zero-order valence-corrected chi connectivity index (χ0v) is 12.3. The number of hydrogen-bond acceptors (Lipinski definition) is 2. The minimum Gasteiger partial charge on any atom is -0.384 e. The normalized spacial score (nSPS) is 15.3. The number of alkyl halides is 6. The molecule has 0 bridgehead atoms. The van der Waals surface area contributed by atoms with E-state index < -0.39 is 31.0 Å². The third kappa shape index (κ3) is 14.7. The molecule has 1 radical (unpaired) electrons. The van der Waals surface area contributed by atoms with Crippen molar-refractivity contribution in [1.82, 2.24) is 0 Å². The van der Waals surface area contributed by atoms with Gasteiger partial charge < -0.3 is 10.2 Å². The van der Waals surface area contributed by atoms with E-state index in [0.29, 0.717) is 0 Å². The molecule has 0 heterocycles. The van der Waals surface area contributed by atoms with Crippen molar-refractivity contribution in [2.75, 3.05) is 20.0 Å². The van der Waals surface area contributed by atoms with Gasteiger partial charge in [0.05, 0.1) is 0 Å². The molecule has 0 aromatic rings. The molecule has 18 heavy (non-hydrogen) atoms. The fraction of sp³-hybridized carbons (Fsp3) is 1.00. The van der Waals surface area contributed by atoms with Gasteiger partial charge in [0.2, 0.25) is 0 Å². The van der Waals surface area contributed by atoms with Crippen LogP contribution in [0.15, 0.2) is 0 Å². The second-order valence-electron chi connectivity index (χ2n) is 3.85. The molecule has 0 aromatic heterocycles. The van der Waals surface area contributed by atoms with Crippen LogP contribution in [0.5, 0.6) is 0 Å². The van der Waals surface area contributed by atoms with Gasteiger partial charge in [-0.15, -0.1) is 0 Å². The zero-order valence-electron chi connectivity index (χ0n) is 9.83. The predicted molar refractivity (Wildman–Crippen MR) is 54.8 cm³/mol. The van der Waals surface area contributed by atoms with Crippen molar-refractivity contribution in [2.24, 2.45) is 0 Å². The summed E-state index contributed by atoms with van der Waals surface area (Å²) in [5.41, 5.74) is 0. The molecular formula is C8H16AgF6O2P+. The first kappa shape index (κ1) is 23.7. The van der Waals surface area contributed by atoms with E-state index in [-0.39, 0.29) is 30.3 Å². The van der Waals surface area contributed by atoms with Crippen LogP contribution >= 0.6 is 7.92 Å². The molecular weight excluding hydrogens is 381 g/mol. The third-order valence-corrected chi connectivity index (χ3v) is 1.20. The Bertz CT molecular complexity index is 188. The van der Waals surface area contributed by atoms with Crippen molar-refractivity contribution < 1.29 is 58.9 Å². The van der Waals surface area contributed by atoms with Crippen LogP contribution in [0.4, 0.5) is 26.3 Å². The average molecular weight is 397 g/mol. The molecule has 0 aromatic carbocycles. The molecule has 2 nitrogen and oxygen atoms in total. The molecule has 0 saturated heterocycles. The van der Waals surface area contributed by atoms with Gasteiger partial charge in [0, 0.05) is 48.8 Å². The van der Waals surface area contributed by atoms with Crippen molar-refractivity contribution in [3.8, 4) is 0 Å².